The predicted octanol–water partition coefficient (Wildman–Crippen LogP) is 4.26. The molecule has 2 rings (SSSR count). The molecule has 6 nitrogen and oxygen atoms in total. The number of carbonyl (C=O) groups is 2. The first-order valence-electron chi connectivity index (χ1n) is 9.16. The van der Waals surface area contributed by atoms with E-state index in [0.29, 0.717) is 46.8 Å². The maximum Gasteiger partial charge on any atom is 0.255 e. The fourth-order valence-corrected chi connectivity index (χ4v) is 2.88. The summed E-state index contributed by atoms with van der Waals surface area (Å²) in [5.41, 5.74) is 1.67. The van der Waals surface area contributed by atoms with Gasteiger partial charge in [-0.15, -0.1) is 0 Å². The highest BCUT2D eigenvalue weighted by atomic mass is 79.9. The van der Waals surface area contributed by atoms with Crippen molar-refractivity contribution in [2.45, 2.75) is 19.8 Å². The van der Waals surface area contributed by atoms with E-state index >= 15 is 0 Å². The van der Waals surface area contributed by atoms with E-state index in [9.17, 15) is 9.59 Å². The maximum atomic E-state index is 12.5. The van der Waals surface area contributed by atoms with Crippen molar-refractivity contribution in [2.24, 2.45) is 0 Å². The first kappa shape index (κ1) is 21.9. The van der Waals surface area contributed by atoms with Crippen molar-refractivity contribution in [3.8, 4) is 5.75 Å². The van der Waals surface area contributed by atoms with E-state index in [4.69, 9.17) is 9.47 Å². The second-order valence-electron chi connectivity index (χ2n) is 6.13. The number of hydrogen-bond acceptors (Lipinski definition) is 4. The third-order valence-electron chi connectivity index (χ3n) is 3.96. The molecule has 0 spiro atoms. The molecule has 0 aromatic heterocycles. The van der Waals surface area contributed by atoms with Gasteiger partial charge in [-0.1, -0.05) is 13.3 Å². The van der Waals surface area contributed by atoms with E-state index in [1.54, 1.807) is 49.6 Å². The topological polar surface area (TPSA) is 76.7 Å². The SMILES string of the molecule is CCCCNC(=O)c1ccc(NC(=O)c2ccc(OCCOC)c(Br)c2)cc1. The van der Waals surface area contributed by atoms with Crippen LogP contribution in [0.3, 0.4) is 0 Å². The Balaban J connectivity index is 1.95. The van der Waals surface area contributed by atoms with Crippen molar-refractivity contribution in [1.29, 1.82) is 0 Å². The second-order valence-corrected chi connectivity index (χ2v) is 6.98. The molecule has 0 unspecified atom stereocenters. The van der Waals surface area contributed by atoms with Gasteiger partial charge < -0.3 is 20.1 Å². The average molecular weight is 449 g/mol. The van der Waals surface area contributed by atoms with E-state index in [2.05, 4.69) is 33.5 Å². The van der Waals surface area contributed by atoms with Crippen LogP contribution in [0.15, 0.2) is 46.9 Å². The van der Waals surface area contributed by atoms with E-state index in [0.717, 1.165) is 12.8 Å². The third kappa shape index (κ3) is 6.65. The van der Waals surface area contributed by atoms with Gasteiger partial charge in [-0.05, 0) is 64.8 Å². The Morgan fingerprint density at radius 1 is 1.00 bits per heavy atom. The van der Waals surface area contributed by atoms with Crippen LogP contribution < -0.4 is 15.4 Å². The van der Waals surface area contributed by atoms with Crippen LogP contribution in [0.4, 0.5) is 5.69 Å². The van der Waals surface area contributed by atoms with Gasteiger partial charge in [0.1, 0.15) is 12.4 Å². The lowest BCUT2D eigenvalue weighted by Gasteiger charge is -2.10. The third-order valence-corrected chi connectivity index (χ3v) is 4.58. The molecule has 7 heteroatoms. The number of ether oxygens (including phenoxy) is 2. The number of anilines is 1. The summed E-state index contributed by atoms with van der Waals surface area (Å²) in [5.74, 6) is 0.288. The molecule has 2 amide bonds. The van der Waals surface area contributed by atoms with Crippen molar-refractivity contribution in [3.05, 3.63) is 58.1 Å². The minimum absolute atomic E-state index is 0.112. The molecule has 0 aliphatic heterocycles. The zero-order chi connectivity index (χ0) is 20.4. The molecule has 0 aliphatic rings. The van der Waals surface area contributed by atoms with Crippen molar-refractivity contribution in [3.63, 3.8) is 0 Å². The lowest BCUT2D eigenvalue weighted by atomic mass is 10.1. The number of carbonyl (C=O) groups excluding carboxylic acids is 2. The fraction of sp³-hybridized carbons (Fsp3) is 0.333. The van der Waals surface area contributed by atoms with Gasteiger partial charge in [0.15, 0.2) is 0 Å². The first-order chi connectivity index (χ1) is 13.5. The number of benzene rings is 2. The lowest BCUT2D eigenvalue weighted by Crippen LogP contribution is -2.24. The van der Waals surface area contributed by atoms with E-state index in [-0.39, 0.29) is 11.8 Å². The second kappa shape index (κ2) is 11.5. The zero-order valence-electron chi connectivity index (χ0n) is 16.1. The monoisotopic (exact) mass is 448 g/mol. The summed E-state index contributed by atoms with van der Waals surface area (Å²) < 4.78 is 11.2. The fourth-order valence-electron chi connectivity index (χ4n) is 2.38. The van der Waals surface area contributed by atoms with Gasteiger partial charge >= 0.3 is 0 Å². The Hall–Kier alpha value is -2.38. The Kier molecular flexibility index (Phi) is 8.97. The maximum absolute atomic E-state index is 12.5. The summed E-state index contributed by atoms with van der Waals surface area (Å²) in [7, 11) is 1.61. The zero-order valence-corrected chi connectivity index (χ0v) is 17.7. The summed E-state index contributed by atoms with van der Waals surface area (Å²) in [6, 6.07) is 11.9. The van der Waals surface area contributed by atoms with Crippen LogP contribution in [0.5, 0.6) is 5.75 Å². The van der Waals surface area contributed by atoms with Crippen LogP contribution >= 0.6 is 15.9 Å². The quantitative estimate of drug-likeness (QED) is 0.532. The molecule has 2 aromatic rings. The van der Waals surface area contributed by atoms with Crippen LogP contribution in [0, 0.1) is 0 Å². The number of rotatable bonds is 10. The molecule has 0 bridgehead atoms. The molecule has 2 N–H and O–H groups in total. The van der Waals surface area contributed by atoms with Gasteiger partial charge in [0.25, 0.3) is 11.8 Å². The predicted molar refractivity (Wildman–Crippen MR) is 113 cm³/mol. The molecule has 0 saturated heterocycles. The van der Waals surface area contributed by atoms with Crippen LogP contribution in [-0.2, 0) is 4.74 Å². The van der Waals surface area contributed by atoms with Crippen LogP contribution in [0.1, 0.15) is 40.5 Å². The van der Waals surface area contributed by atoms with E-state index < -0.39 is 0 Å². The average Bonchev–Trinajstić information content (AvgIpc) is 2.70. The van der Waals surface area contributed by atoms with Crippen LogP contribution in [0.25, 0.3) is 0 Å². The Labute approximate surface area is 173 Å². The molecule has 0 fully saturated rings. The highest BCUT2D eigenvalue weighted by Crippen LogP contribution is 2.26. The standard InChI is InChI=1S/C21H25BrN2O4/c1-3-4-11-23-20(25)15-5-8-17(9-6-15)24-21(26)16-7-10-19(18(22)14-16)28-13-12-27-2/h5-10,14H,3-4,11-13H2,1-2H3,(H,23,25)(H,24,26). The number of halogens is 1. The van der Waals surface area contributed by atoms with Gasteiger partial charge in [-0.25, -0.2) is 0 Å². The smallest absolute Gasteiger partial charge is 0.255 e. The minimum atomic E-state index is -0.246. The highest BCUT2D eigenvalue weighted by Gasteiger charge is 2.11. The number of nitrogens with one attached hydrogen (secondary N) is 2. The molecule has 150 valence electrons. The van der Waals surface area contributed by atoms with Crippen LogP contribution in [0.2, 0.25) is 0 Å². The van der Waals surface area contributed by atoms with Crippen molar-refractivity contribution >= 4 is 33.4 Å². The first-order valence-corrected chi connectivity index (χ1v) is 9.95. The Morgan fingerprint density at radius 2 is 1.71 bits per heavy atom. The highest BCUT2D eigenvalue weighted by molar-refractivity contribution is 9.10. The van der Waals surface area contributed by atoms with Crippen molar-refractivity contribution in [2.75, 3.05) is 32.2 Å². The summed E-state index contributed by atoms with van der Waals surface area (Å²) in [6.45, 7) is 3.65. The molecule has 2 aromatic carbocycles. The number of methoxy groups -OCH3 is 1. The number of hydrogen-bond donors (Lipinski definition) is 2. The lowest BCUT2D eigenvalue weighted by molar-refractivity contribution is 0.0952. The van der Waals surface area contributed by atoms with E-state index in [1.165, 1.54) is 0 Å². The molecule has 0 radical (unpaired) electrons. The van der Waals surface area contributed by atoms with Gasteiger partial charge in [0.2, 0.25) is 0 Å². The summed E-state index contributed by atoms with van der Waals surface area (Å²) in [6.07, 6.45) is 1.98. The Morgan fingerprint density at radius 3 is 2.36 bits per heavy atom. The van der Waals surface area contributed by atoms with Gasteiger partial charge in [0, 0.05) is 30.5 Å². The van der Waals surface area contributed by atoms with Gasteiger partial charge in [-0.3, -0.25) is 9.59 Å². The Bertz CT molecular complexity index is 793. The number of amides is 2. The normalized spacial score (nSPS) is 10.4. The largest absolute Gasteiger partial charge is 0.490 e. The molecular weight excluding hydrogens is 424 g/mol. The molecule has 0 atom stereocenters. The molecule has 0 aliphatic carbocycles. The summed E-state index contributed by atoms with van der Waals surface area (Å²) in [5, 5.41) is 5.69. The van der Waals surface area contributed by atoms with Gasteiger partial charge in [-0.2, -0.15) is 0 Å². The van der Waals surface area contributed by atoms with E-state index in [1.807, 2.05) is 0 Å². The molecule has 0 heterocycles. The number of unbranched alkanes of at least 4 members (excludes halogenated alkanes) is 1. The van der Waals surface area contributed by atoms with Crippen LogP contribution in [-0.4, -0.2) is 38.7 Å². The van der Waals surface area contributed by atoms with Crippen molar-refractivity contribution < 1.29 is 19.1 Å². The molecule has 0 saturated carbocycles. The van der Waals surface area contributed by atoms with Gasteiger partial charge in [0.05, 0.1) is 11.1 Å². The van der Waals surface area contributed by atoms with Crippen molar-refractivity contribution in [1.82, 2.24) is 5.32 Å². The summed E-state index contributed by atoms with van der Waals surface area (Å²) >= 11 is 3.41. The minimum Gasteiger partial charge on any atom is -0.490 e. The molecule has 28 heavy (non-hydrogen) atoms. The molecular formula is C21H25BrN2O4. The summed E-state index contributed by atoms with van der Waals surface area (Å²) in [4.78, 5) is 24.5.